The van der Waals surface area contributed by atoms with E-state index in [1.54, 1.807) is 0 Å². The van der Waals surface area contributed by atoms with Crippen LogP contribution >= 0.6 is 0 Å². The molecule has 1 aliphatic carbocycles. The molecule has 0 spiro atoms. The van der Waals surface area contributed by atoms with E-state index in [-0.39, 0.29) is 17.8 Å². The summed E-state index contributed by atoms with van der Waals surface area (Å²) < 4.78 is 13.1. The van der Waals surface area contributed by atoms with Crippen molar-refractivity contribution in [1.82, 2.24) is 10.2 Å². The summed E-state index contributed by atoms with van der Waals surface area (Å²) in [5, 5.41) is 3.16. The van der Waals surface area contributed by atoms with Crippen LogP contribution in [0.2, 0.25) is 0 Å². The van der Waals surface area contributed by atoms with Crippen LogP contribution in [0.4, 0.5) is 10.1 Å². The van der Waals surface area contributed by atoms with Crippen LogP contribution in [-0.4, -0.2) is 43.0 Å². The number of hydrogen-bond donors (Lipinski definition) is 1. The minimum Gasteiger partial charge on any atom is -0.369 e. The van der Waals surface area contributed by atoms with E-state index in [4.69, 9.17) is 0 Å². The summed E-state index contributed by atoms with van der Waals surface area (Å²) in [7, 11) is 0. The van der Waals surface area contributed by atoms with Gasteiger partial charge in [0.05, 0.1) is 0 Å². The van der Waals surface area contributed by atoms with E-state index in [0.29, 0.717) is 6.04 Å². The maximum Gasteiger partial charge on any atom is 0.242 e. The zero-order chi connectivity index (χ0) is 17.9. The Hall–Kier alpha value is -2.40. The van der Waals surface area contributed by atoms with E-state index >= 15 is 0 Å². The van der Waals surface area contributed by atoms with Gasteiger partial charge in [-0.3, -0.25) is 9.69 Å². The predicted octanol–water partition coefficient (Wildman–Crippen LogP) is 2.97. The Balaban J connectivity index is 1.46. The number of halogens is 1. The molecule has 0 radical (unpaired) electrons. The summed E-state index contributed by atoms with van der Waals surface area (Å²) in [4.78, 5) is 17.4. The molecule has 4 rings (SSSR count). The second-order valence-corrected chi connectivity index (χ2v) is 7.10. The Labute approximate surface area is 153 Å². The highest BCUT2D eigenvalue weighted by Gasteiger charge is 2.33. The SMILES string of the molecule is O=C(NC1CC1)C(c1ccccc1)N1CCN(c2ccc(F)cc2)CC1. The van der Waals surface area contributed by atoms with Crippen molar-refractivity contribution in [2.75, 3.05) is 31.1 Å². The molecule has 1 aliphatic heterocycles. The molecule has 2 aromatic rings. The second kappa shape index (κ2) is 7.46. The minimum absolute atomic E-state index is 0.105. The largest absolute Gasteiger partial charge is 0.369 e. The molecular weight excluding hydrogens is 329 g/mol. The van der Waals surface area contributed by atoms with Crippen molar-refractivity contribution < 1.29 is 9.18 Å². The lowest BCUT2D eigenvalue weighted by Gasteiger charge is -2.39. The molecule has 1 heterocycles. The average Bonchev–Trinajstić information content (AvgIpc) is 3.48. The number of benzene rings is 2. The highest BCUT2D eigenvalue weighted by atomic mass is 19.1. The molecule has 1 saturated heterocycles. The summed E-state index contributed by atoms with van der Waals surface area (Å²) >= 11 is 0. The predicted molar refractivity (Wildman–Crippen MR) is 101 cm³/mol. The summed E-state index contributed by atoms with van der Waals surface area (Å²) in [6.07, 6.45) is 2.18. The molecule has 136 valence electrons. The van der Waals surface area contributed by atoms with Gasteiger partial charge in [0.25, 0.3) is 0 Å². The van der Waals surface area contributed by atoms with Crippen LogP contribution < -0.4 is 10.2 Å². The second-order valence-electron chi connectivity index (χ2n) is 7.10. The standard InChI is InChI=1S/C21H24FN3O/c22-17-6-10-19(11-7-17)24-12-14-25(15-13-24)20(16-4-2-1-3-5-16)21(26)23-18-8-9-18/h1-7,10-11,18,20H,8-9,12-15H2,(H,23,26). The number of anilines is 1. The summed E-state index contributed by atoms with van der Waals surface area (Å²) in [6.45, 7) is 3.25. The molecule has 1 unspecified atom stereocenters. The molecule has 1 atom stereocenters. The van der Waals surface area contributed by atoms with Crippen LogP contribution in [0.15, 0.2) is 54.6 Å². The molecule has 1 saturated carbocycles. The van der Waals surface area contributed by atoms with Crippen LogP contribution in [-0.2, 0) is 4.79 Å². The first-order valence-electron chi connectivity index (χ1n) is 9.30. The normalized spacial score (nSPS) is 19.2. The van der Waals surface area contributed by atoms with E-state index in [1.165, 1.54) is 12.1 Å². The third-order valence-electron chi connectivity index (χ3n) is 5.16. The van der Waals surface area contributed by atoms with Crippen LogP contribution in [0.3, 0.4) is 0 Å². The van der Waals surface area contributed by atoms with E-state index in [0.717, 1.165) is 50.3 Å². The van der Waals surface area contributed by atoms with Gasteiger partial charge in [-0.05, 0) is 42.7 Å². The van der Waals surface area contributed by atoms with Crippen molar-refractivity contribution in [3.63, 3.8) is 0 Å². The Kier molecular flexibility index (Phi) is 4.89. The first-order valence-corrected chi connectivity index (χ1v) is 9.30. The van der Waals surface area contributed by atoms with Gasteiger partial charge in [-0.2, -0.15) is 0 Å². The monoisotopic (exact) mass is 353 g/mol. The van der Waals surface area contributed by atoms with Gasteiger partial charge in [0.1, 0.15) is 11.9 Å². The molecule has 1 amide bonds. The number of rotatable bonds is 5. The van der Waals surface area contributed by atoms with E-state index in [1.807, 2.05) is 42.5 Å². The lowest BCUT2D eigenvalue weighted by Crippen LogP contribution is -2.51. The van der Waals surface area contributed by atoms with Gasteiger partial charge in [-0.1, -0.05) is 30.3 Å². The number of nitrogens with zero attached hydrogens (tertiary/aromatic N) is 2. The molecule has 26 heavy (non-hydrogen) atoms. The van der Waals surface area contributed by atoms with Crippen molar-refractivity contribution in [1.29, 1.82) is 0 Å². The fourth-order valence-corrected chi connectivity index (χ4v) is 3.56. The minimum atomic E-state index is -0.243. The van der Waals surface area contributed by atoms with E-state index in [2.05, 4.69) is 15.1 Å². The number of nitrogens with one attached hydrogen (secondary N) is 1. The van der Waals surface area contributed by atoms with E-state index in [9.17, 15) is 9.18 Å². The van der Waals surface area contributed by atoms with Crippen LogP contribution in [0.25, 0.3) is 0 Å². The van der Waals surface area contributed by atoms with Crippen molar-refractivity contribution in [2.45, 2.75) is 24.9 Å². The number of carbonyl (C=O) groups excluding carboxylic acids is 1. The number of amides is 1. The van der Waals surface area contributed by atoms with Gasteiger partial charge in [0.15, 0.2) is 0 Å². The average molecular weight is 353 g/mol. The summed E-state index contributed by atoms with van der Waals surface area (Å²) in [5.41, 5.74) is 2.07. The first kappa shape index (κ1) is 17.0. The third-order valence-corrected chi connectivity index (χ3v) is 5.16. The Bertz CT molecular complexity index is 738. The Morgan fingerprint density at radius 2 is 1.62 bits per heavy atom. The summed E-state index contributed by atoms with van der Waals surface area (Å²) in [6, 6.07) is 16.8. The van der Waals surface area contributed by atoms with Gasteiger partial charge < -0.3 is 10.2 Å². The maximum atomic E-state index is 13.1. The van der Waals surface area contributed by atoms with Crippen molar-refractivity contribution in [3.8, 4) is 0 Å². The van der Waals surface area contributed by atoms with Crippen molar-refractivity contribution in [3.05, 3.63) is 66.0 Å². The molecule has 2 fully saturated rings. The molecule has 4 nitrogen and oxygen atoms in total. The molecule has 1 N–H and O–H groups in total. The quantitative estimate of drug-likeness (QED) is 0.898. The third kappa shape index (κ3) is 3.88. The molecule has 0 aromatic heterocycles. The van der Waals surface area contributed by atoms with Crippen LogP contribution in [0.5, 0.6) is 0 Å². The van der Waals surface area contributed by atoms with Gasteiger partial charge >= 0.3 is 0 Å². The smallest absolute Gasteiger partial charge is 0.242 e. The fraction of sp³-hybridized carbons (Fsp3) is 0.381. The molecular formula is C21H24FN3O. The number of hydrogen-bond acceptors (Lipinski definition) is 3. The number of carbonyl (C=O) groups is 1. The zero-order valence-electron chi connectivity index (χ0n) is 14.8. The first-order chi connectivity index (χ1) is 12.7. The van der Waals surface area contributed by atoms with Crippen LogP contribution in [0, 0.1) is 5.82 Å². The molecule has 5 heteroatoms. The Morgan fingerprint density at radius 1 is 0.962 bits per heavy atom. The number of piperazine rings is 1. The van der Waals surface area contributed by atoms with Gasteiger partial charge in [0.2, 0.25) is 5.91 Å². The Morgan fingerprint density at radius 3 is 2.23 bits per heavy atom. The topological polar surface area (TPSA) is 35.6 Å². The fourth-order valence-electron chi connectivity index (χ4n) is 3.56. The molecule has 2 aliphatic rings. The van der Waals surface area contributed by atoms with Crippen molar-refractivity contribution in [2.24, 2.45) is 0 Å². The highest BCUT2D eigenvalue weighted by molar-refractivity contribution is 5.83. The lowest BCUT2D eigenvalue weighted by molar-refractivity contribution is -0.127. The highest BCUT2D eigenvalue weighted by Crippen LogP contribution is 2.27. The molecule has 2 aromatic carbocycles. The van der Waals surface area contributed by atoms with Gasteiger partial charge in [-0.15, -0.1) is 0 Å². The lowest BCUT2D eigenvalue weighted by atomic mass is 10.0. The van der Waals surface area contributed by atoms with Crippen LogP contribution in [0.1, 0.15) is 24.4 Å². The molecule has 0 bridgehead atoms. The van der Waals surface area contributed by atoms with E-state index < -0.39 is 0 Å². The maximum absolute atomic E-state index is 13.1. The zero-order valence-corrected chi connectivity index (χ0v) is 14.8. The summed E-state index contributed by atoms with van der Waals surface area (Å²) in [5.74, 6) is -0.109. The van der Waals surface area contributed by atoms with Gasteiger partial charge in [-0.25, -0.2) is 4.39 Å². The van der Waals surface area contributed by atoms with Crippen molar-refractivity contribution >= 4 is 11.6 Å². The van der Waals surface area contributed by atoms with Gasteiger partial charge in [0, 0.05) is 37.9 Å².